The maximum absolute atomic E-state index is 13.5. The molecule has 1 unspecified atom stereocenters. The molecule has 0 aromatic heterocycles. The summed E-state index contributed by atoms with van der Waals surface area (Å²) >= 11 is 0. The summed E-state index contributed by atoms with van der Waals surface area (Å²) in [4.78, 5) is 11.3. The van der Waals surface area contributed by atoms with Crippen molar-refractivity contribution in [2.75, 3.05) is 0 Å². The Morgan fingerprint density at radius 3 is 2.60 bits per heavy atom. The molecule has 1 atom stereocenters. The van der Waals surface area contributed by atoms with E-state index in [0.29, 0.717) is 18.4 Å². The van der Waals surface area contributed by atoms with Crippen LogP contribution < -0.4 is 5.73 Å². The lowest BCUT2D eigenvalue weighted by atomic mass is 9.62. The molecule has 0 aromatic carbocycles. The first-order valence-corrected chi connectivity index (χ1v) is 5.08. The fourth-order valence-corrected chi connectivity index (χ4v) is 2.25. The Bertz CT molecular complexity index is 356. The monoisotopic (exact) mass is 213 g/mol. The van der Waals surface area contributed by atoms with Gasteiger partial charge in [-0.25, -0.2) is 8.78 Å². The van der Waals surface area contributed by atoms with Crippen LogP contribution >= 0.6 is 0 Å². The first-order chi connectivity index (χ1) is 7.06. The minimum absolute atomic E-state index is 0.137. The van der Waals surface area contributed by atoms with Crippen LogP contribution in [-0.4, -0.2) is 12.1 Å². The predicted octanol–water partition coefficient (Wildman–Crippen LogP) is 2.16. The lowest BCUT2D eigenvalue weighted by Gasteiger charge is -2.41. The van der Waals surface area contributed by atoms with Crippen LogP contribution in [0.3, 0.4) is 0 Å². The fraction of sp³-hybridized carbons (Fsp3) is 0.545. The van der Waals surface area contributed by atoms with Crippen LogP contribution in [0.2, 0.25) is 0 Å². The molecule has 2 aliphatic rings. The van der Waals surface area contributed by atoms with E-state index in [4.69, 9.17) is 5.73 Å². The second kappa shape index (κ2) is 3.43. The van der Waals surface area contributed by atoms with E-state index in [1.54, 1.807) is 0 Å². The van der Waals surface area contributed by atoms with Crippen LogP contribution in [0.5, 0.6) is 0 Å². The largest absolute Gasteiger partial charge is 0.369 e. The van der Waals surface area contributed by atoms with Crippen molar-refractivity contribution < 1.29 is 13.6 Å². The molecule has 0 bridgehead atoms. The van der Waals surface area contributed by atoms with Gasteiger partial charge in [0.05, 0.1) is 5.41 Å². The summed E-state index contributed by atoms with van der Waals surface area (Å²) in [6.45, 7) is 0. The second-order valence-corrected chi connectivity index (χ2v) is 4.18. The molecule has 0 heterocycles. The molecule has 2 rings (SSSR count). The van der Waals surface area contributed by atoms with E-state index in [-0.39, 0.29) is 6.42 Å². The molecule has 0 radical (unpaired) electrons. The summed E-state index contributed by atoms with van der Waals surface area (Å²) in [6.07, 6.45) is 3.28. The Kier molecular flexibility index (Phi) is 2.37. The molecule has 1 fully saturated rings. The minimum atomic E-state index is -1.28. The van der Waals surface area contributed by atoms with Gasteiger partial charge in [0.2, 0.25) is 5.91 Å². The molecule has 0 aromatic rings. The highest BCUT2D eigenvalue weighted by Crippen LogP contribution is 2.50. The SMILES string of the molecule is NC(=O)C1(C2=CCC(F)C=C2F)CCC1. The number of carbonyl (C=O) groups excluding carboxylic acids is 1. The minimum Gasteiger partial charge on any atom is -0.369 e. The number of rotatable bonds is 2. The maximum Gasteiger partial charge on any atom is 0.228 e. The van der Waals surface area contributed by atoms with Crippen molar-refractivity contribution in [2.24, 2.45) is 11.1 Å². The standard InChI is InChI=1S/C11H13F2NO/c12-7-2-3-8(9(13)6-7)11(10(14)15)4-1-5-11/h3,6-7H,1-2,4-5H2,(H2,14,15). The first-order valence-electron chi connectivity index (χ1n) is 5.08. The second-order valence-electron chi connectivity index (χ2n) is 4.18. The number of carbonyl (C=O) groups is 1. The topological polar surface area (TPSA) is 43.1 Å². The van der Waals surface area contributed by atoms with Crippen molar-refractivity contribution >= 4 is 5.91 Å². The quantitative estimate of drug-likeness (QED) is 0.750. The van der Waals surface area contributed by atoms with Crippen molar-refractivity contribution in [1.82, 2.24) is 0 Å². The van der Waals surface area contributed by atoms with Gasteiger partial charge in [-0.05, 0) is 24.5 Å². The van der Waals surface area contributed by atoms with E-state index in [1.807, 2.05) is 0 Å². The molecule has 1 saturated carbocycles. The van der Waals surface area contributed by atoms with Gasteiger partial charge in [0.15, 0.2) is 0 Å². The zero-order chi connectivity index (χ0) is 11.1. The Balaban J connectivity index is 2.31. The molecule has 2 aliphatic carbocycles. The third kappa shape index (κ3) is 1.48. The Labute approximate surface area is 86.8 Å². The lowest BCUT2D eigenvalue weighted by Crippen LogP contribution is -2.45. The van der Waals surface area contributed by atoms with Gasteiger partial charge in [0.25, 0.3) is 0 Å². The number of hydrogen-bond donors (Lipinski definition) is 1. The molecule has 2 nitrogen and oxygen atoms in total. The van der Waals surface area contributed by atoms with Crippen LogP contribution in [-0.2, 0) is 4.79 Å². The lowest BCUT2D eigenvalue weighted by molar-refractivity contribution is -0.129. The van der Waals surface area contributed by atoms with E-state index in [1.165, 1.54) is 6.08 Å². The van der Waals surface area contributed by atoms with Gasteiger partial charge < -0.3 is 5.73 Å². The van der Waals surface area contributed by atoms with Gasteiger partial charge in [-0.15, -0.1) is 0 Å². The number of allylic oxidation sites excluding steroid dienone is 3. The number of alkyl halides is 1. The van der Waals surface area contributed by atoms with Crippen LogP contribution in [0.1, 0.15) is 25.7 Å². The number of amides is 1. The van der Waals surface area contributed by atoms with Crippen molar-refractivity contribution in [1.29, 1.82) is 0 Å². The first kappa shape index (κ1) is 10.3. The third-order valence-electron chi connectivity index (χ3n) is 3.33. The third-order valence-corrected chi connectivity index (χ3v) is 3.33. The van der Waals surface area contributed by atoms with Crippen molar-refractivity contribution in [3.8, 4) is 0 Å². The van der Waals surface area contributed by atoms with Gasteiger partial charge in [-0.1, -0.05) is 12.5 Å². The van der Waals surface area contributed by atoms with Crippen LogP contribution in [0.4, 0.5) is 8.78 Å². The average Bonchev–Trinajstić information content (AvgIpc) is 2.05. The predicted molar refractivity (Wildman–Crippen MR) is 52.3 cm³/mol. The average molecular weight is 213 g/mol. The molecule has 4 heteroatoms. The number of hydrogen-bond acceptors (Lipinski definition) is 1. The highest BCUT2D eigenvalue weighted by molar-refractivity contribution is 5.86. The summed E-state index contributed by atoms with van der Waals surface area (Å²) in [7, 11) is 0. The van der Waals surface area contributed by atoms with E-state index in [2.05, 4.69) is 0 Å². The summed E-state index contributed by atoms with van der Waals surface area (Å²) in [5.41, 5.74) is 4.73. The van der Waals surface area contributed by atoms with Gasteiger partial charge >= 0.3 is 0 Å². The van der Waals surface area contributed by atoms with E-state index in [0.717, 1.165) is 12.5 Å². The van der Waals surface area contributed by atoms with Crippen molar-refractivity contribution in [3.05, 3.63) is 23.6 Å². The number of primary amides is 1. The van der Waals surface area contributed by atoms with Crippen molar-refractivity contribution in [3.63, 3.8) is 0 Å². The molecule has 0 aliphatic heterocycles. The Hall–Kier alpha value is -1.19. The summed E-state index contributed by atoms with van der Waals surface area (Å²) < 4.78 is 26.4. The molecular formula is C11H13F2NO. The molecule has 2 N–H and O–H groups in total. The summed E-state index contributed by atoms with van der Waals surface area (Å²) in [5.74, 6) is -1.12. The molecule has 0 saturated heterocycles. The highest BCUT2D eigenvalue weighted by Gasteiger charge is 2.47. The fourth-order valence-electron chi connectivity index (χ4n) is 2.25. The van der Waals surface area contributed by atoms with Gasteiger partial charge in [-0.2, -0.15) is 0 Å². The summed E-state index contributed by atoms with van der Waals surface area (Å²) in [5, 5.41) is 0. The van der Waals surface area contributed by atoms with Gasteiger partial charge in [0.1, 0.15) is 12.0 Å². The smallest absolute Gasteiger partial charge is 0.228 e. The van der Waals surface area contributed by atoms with Crippen LogP contribution in [0.15, 0.2) is 23.6 Å². The van der Waals surface area contributed by atoms with E-state index >= 15 is 0 Å². The number of halogens is 2. The molecule has 1 amide bonds. The normalized spacial score (nSPS) is 28.8. The van der Waals surface area contributed by atoms with Crippen LogP contribution in [0.25, 0.3) is 0 Å². The van der Waals surface area contributed by atoms with Gasteiger partial charge in [0, 0.05) is 6.42 Å². The zero-order valence-corrected chi connectivity index (χ0v) is 8.30. The van der Waals surface area contributed by atoms with E-state index in [9.17, 15) is 13.6 Å². The number of nitrogens with two attached hydrogens (primary N) is 1. The Morgan fingerprint density at radius 1 is 1.53 bits per heavy atom. The summed E-state index contributed by atoms with van der Waals surface area (Å²) in [6, 6.07) is 0. The van der Waals surface area contributed by atoms with Gasteiger partial charge in [-0.3, -0.25) is 4.79 Å². The molecule has 0 spiro atoms. The molecular weight excluding hydrogens is 200 g/mol. The van der Waals surface area contributed by atoms with E-state index < -0.39 is 23.3 Å². The van der Waals surface area contributed by atoms with Crippen LogP contribution in [0, 0.1) is 5.41 Å². The zero-order valence-electron chi connectivity index (χ0n) is 8.30. The Morgan fingerprint density at radius 2 is 2.20 bits per heavy atom. The highest BCUT2D eigenvalue weighted by atomic mass is 19.1. The molecule has 15 heavy (non-hydrogen) atoms. The van der Waals surface area contributed by atoms with Crippen molar-refractivity contribution in [2.45, 2.75) is 31.9 Å². The molecule has 82 valence electrons. The maximum atomic E-state index is 13.5.